The molecule has 0 saturated heterocycles. The minimum atomic E-state index is -0.411. The van der Waals surface area contributed by atoms with Gasteiger partial charge in [-0.15, -0.1) is 0 Å². The molecule has 0 heterocycles. The van der Waals surface area contributed by atoms with Gasteiger partial charge >= 0.3 is 0 Å². The van der Waals surface area contributed by atoms with Crippen LogP contribution < -0.4 is 10.1 Å². The zero-order valence-corrected chi connectivity index (χ0v) is 13.3. The molecule has 0 unspecified atom stereocenters. The van der Waals surface area contributed by atoms with E-state index in [0.717, 1.165) is 5.69 Å². The van der Waals surface area contributed by atoms with E-state index in [-0.39, 0.29) is 5.69 Å². The second-order valence-electron chi connectivity index (χ2n) is 3.89. The third kappa shape index (κ3) is 3.31. The van der Waals surface area contributed by atoms with Gasteiger partial charge in [-0.1, -0.05) is 11.6 Å². The molecule has 0 aliphatic heterocycles. The largest absolute Gasteiger partial charge is 0.495 e. The smallest absolute Gasteiger partial charge is 0.282 e. The summed E-state index contributed by atoms with van der Waals surface area (Å²) >= 11 is 7.88. The second-order valence-corrected chi connectivity index (χ2v) is 5.49. The zero-order valence-electron chi connectivity index (χ0n) is 10.4. The summed E-state index contributed by atoms with van der Waals surface area (Å²) in [5, 5.41) is 14.5. The summed E-state index contributed by atoms with van der Waals surface area (Å²) in [6.07, 6.45) is 0. The molecule has 0 amide bonds. The number of nitro benzene ring substituents is 1. The van der Waals surface area contributed by atoms with E-state index >= 15 is 0 Å². The molecule has 104 valence electrons. The van der Waals surface area contributed by atoms with E-state index in [9.17, 15) is 10.1 Å². The summed E-state index contributed by atoms with van der Waals surface area (Å²) in [5.74, 6) is 0.641. The topological polar surface area (TPSA) is 64.4 Å². The average Bonchev–Trinajstić information content (AvgIpc) is 2.38. The maximum absolute atomic E-state index is 10.8. The molecule has 2 aromatic rings. The zero-order chi connectivity index (χ0) is 14.7. The number of rotatable bonds is 4. The Kier molecular flexibility index (Phi) is 4.66. The minimum Gasteiger partial charge on any atom is -0.495 e. The minimum absolute atomic E-state index is 0.0780. The van der Waals surface area contributed by atoms with Gasteiger partial charge in [-0.3, -0.25) is 10.1 Å². The fraction of sp³-hybridized carbons (Fsp3) is 0.0769. The second kappa shape index (κ2) is 6.27. The molecule has 7 heteroatoms. The Morgan fingerprint density at radius 1 is 1.30 bits per heavy atom. The van der Waals surface area contributed by atoms with E-state index in [1.165, 1.54) is 6.07 Å². The molecule has 0 aromatic heterocycles. The van der Waals surface area contributed by atoms with E-state index in [1.807, 2.05) is 22.6 Å². The first-order valence-corrected chi connectivity index (χ1v) is 7.01. The molecule has 0 bridgehead atoms. The van der Waals surface area contributed by atoms with Crippen molar-refractivity contribution < 1.29 is 9.66 Å². The van der Waals surface area contributed by atoms with Crippen molar-refractivity contribution in [1.29, 1.82) is 0 Å². The Hall–Kier alpha value is -1.54. The van der Waals surface area contributed by atoms with Gasteiger partial charge in [0.15, 0.2) is 0 Å². The van der Waals surface area contributed by atoms with E-state index in [2.05, 4.69) is 5.32 Å². The number of nitrogens with zero attached hydrogens (tertiary/aromatic N) is 1. The van der Waals surface area contributed by atoms with Crippen LogP contribution in [-0.2, 0) is 0 Å². The summed E-state index contributed by atoms with van der Waals surface area (Å²) < 4.78 is 5.79. The lowest BCUT2D eigenvalue weighted by atomic mass is 10.2. The fourth-order valence-corrected chi connectivity index (χ4v) is 2.55. The van der Waals surface area contributed by atoms with Crippen LogP contribution in [0.1, 0.15) is 0 Å². The molecular formula is C13H10ClIN2O3. The summed E-state index contributed by atoms with van der Waals surface area (Å²) in [6, 6.07) is 10.0. The van der Waals surface area contributed by atoms with Crippen molar-refractivity contribution >= 4 is 51.3 Å². The van der Waals surface area contributed by atoms with Gasteiger partial charge in [-0.05, 0) is 52.9 Å². The number of benzene rings is 2. The molecule has 20 heavy (non-hydrogen) atoms. The quantitative estimate of drug-likeness (QED) is 0.459. The van der Waals surface area contributed by atoms with Gasteiger partial charge in [0.2, 0.25) is 0 Å². The van der Waals surface area contributed by atoms with Gasteiger partial charge in [0.1, 0.15) is 5.75 Å². The van der Waals surface area contributed by atoms with Gasteiger partial charge in [0.05, 0.1) is 21.3 Å². The lowest BCUT2D eigenvalue weighted by Gasteiger charge is -2.11. The lowest BCUT2D eigenvalue weighted by molar-refractivity contribution is -0.385. The van der Waals surface area contributed by atoms with Crippen molar-refractivity contribution in [3.05, 3.63) is 55.1 Å². The Morgan fingerprint density at radius 3 is 2.65 bits per heavy atom. The van der Waals surface area contributed by atoms with Crippen molar-refractivity contribution in [2.45, 2.75) is 0 Å². The molecule has 0 radical (unpaired) electrons. The highest BCUT2D eigenvalue weighted by atomic mass is 127. The van der Waals surface area contributed by atoms with E-state index in [0.29, 0.717) is 20.0 Å². The monoisotopic (exact) mass is 404 g/mol. The van der Waals surface area contributed by atoms with E-state index in [4.69, 9.17) is 16.3 Å². The molecule has 0 aliphatic rings. The molecule has 0 spiro atoms. The normalized spacial score (nSPS) is 10.2. The number of halogens is 2. The van der Waals surface area contributed by atoms with Crippen LogP contribution in [0, 0.1) is 13.7 Å². The molecule has 0 atom stereocenters. The molecule has 0 saturated carbocycles. The number of nitrogens with one attached hydrogen (secondary N) is 1. The van der Waals surface area contributed by atoms with Gasteiger partial charge < -0.3 is 10.1 Å². The summed E-state index contributed by atoms with van der Waals surface area (Å²) in [7, 11) is 1.56. The summed E-state index contributed by atoms with van der Waals surface area (Å²) in [5.41, 5.74) is 1.50. The van der Waals surface area contributed by atoms with Gasteiger partial charge in [-0.2, -0.15) is 0 Å². The Balaban J connectivity index is 2.33. The summed E-state index contributed by atoms with van der Waals surface area (Å²) in [6.45, 7) is 0. The van der Waals surface area contributed by atoms with Crippen LogP contribution in [0.25, 0.3) is 0 Å². The van der Waals surface area contributed by atoms with Gasteiger partial charge in [0, 0.05) is 16.8 Å². The van der Waals surface area contributed by atoms with Crippen molar-refractivity contribution in [2.24, 2.45) is 0 Å². The molecule has 0 fully saturated rings. The SMILES string of the molecule is COc1ccc(Cl)cc1Nc1ccc([N+](=O)[O-])c(I)c1. The first kappa shape index (κ1) is 14.9. The molecule has 5 nitrogen and oxygen atoms in total. The van der Waals surface area contributed by atoms with Gasteiger partial charge in [0.25, 0.3) is 5.69 Å². The maximum Gasteiger partial charge on any atom is 0.282 e. The van der Waals surface area contributed by atoms with E-state index < -0.39 is 4.92 Å². The van der Waals surface area contributed by atoms with Crippen molar-refractivity contribution in [1.82, 2.24) is 0 Å². The fourth-order valence-electron chi connectivity index (χ4n) is 1.67. The number of methoxy groups -OCH3 is 1. The molecule has 1 N–H and O–H groups in total. The standard InChI is InChI=1S/C13H10ClIN2O3/c1-20-13-5-2-8(14)6-11(13)16-9-3-4-12(17(18)19)10(15)7-9/h2-7,16H,1H3. The van der Waals surface area contributed by atoms with Crippen LogP contribution in [0.15, 0.2) is 36.4 Å². The molecular weight excluding hydrogens is 395 g/mol. The van der Waals surface area contributed by atoms with Crippen molar-refractivity contribution in [3.8, 4) is 5.75 Å². The first-order valence-electron chi connectivity index (χ1n) is 5.56. The highest BCUT2D eigenvalue weighted by molar-refractivity contribution is 14.1. The number of hydrogen-bond acceptors (Lipinski definition) is 4. The van der Waals surface area contributed by atoms with Crippen LogP contribution >= 0.6 is 34.2 Å². The van der Waals surface area contributed by atoms with Crippen molar-refractivity contribution in [2.75, 3.05) is 12.4 Å². The predicted molar refractivity (Wildman–Crippen MR) is 87.1 cm³/mol. The van der Waals surface area contributed by atoms with Gasteiger partial charge in [-0.25, -0.2) is 0 Å². The number of ether oxygens (including phenoxy) is 1. The van der Waals surface area contributed by atoms with Crippen molar-refractivity contribution in [3.63, 3.8) is 0 Å². The first-order chi connectivity index (χ1) is 9.51. The average molecular weight is 405 g/mol. The van der Waals surface area contributed by atoms with Crippen LogP contribution in [-0.4, -0.2) is 12.0 Å². The Morgan fingerprint density at radius 2 is 2.05 bits per heavy atom. The number of anilines is 2. The molecule has 0 aliphatic carbocycles. The molecule has 2 rings (SSSR count). The Bertz CT molecular complexity index is 664. The van der Waals surface area contributed by atoms with Crippen LogP contribution in [0.4, 0.5) is 17.1 Å². The van der Waals surface area contributed by atoms with Crippen LogP contribution in [0.3, 0.4) is 0 Å². The van der Waals surface area contributed by atoms with Crippen LogP contribution in [0.5, 0.6) is 5.75 Å². The molecule has 2 aromatic carbocycles. The highest BCUT2D eigenvalue weighted by Gasteiger charge is 2.12. The van der Waals surface area contributed by atoms with Crippen LogP contribution in [0.2, 0.25) is 5.02 Å². The Labute approximate surface area is 134 Å². The summed E-state index contributed by atoms with van der Waals surface area (Å²) in [4.78, 5) is 10.4. The number of hydrogen-bond donors (Lipinski definition) is 1. The third-order valence-corrected chi connectivity index (χ3v) is 3.68. The highest BCUT2D eigenvalue weighted by Crippen LogP contribution is 2.32. The lowest BCUT2D eigenvalue weighted by Crippen LogP contribution is -1.97. The predicted octanol–water partition coefficient (Wildman–Crippen LogP) is 4.61. The maximum atomic E-state index is 10.8. The van der Waals surface area contributed by atoms with E-state index in [1.54, 1.807) is 37.4 Å². The number of nitro groups is 1. The third-order valence-electron chi connectivity index (χ3n) is 2.58.